The van der Waals surface area contributed by atoms with Crippen LogP contribution in [-0.2, 0) is 0 Å². The Balaban J connectivity index is 1.46. The van der Waals surface area contributed by atoms with E-state index in [9.17, 15) is 9.59 Å². The number of likely N-dealkylation sites (tertiary alicyclic amines) is 3. The van der Waals surface area contributed by atoms with Crippen LogP contribution in [0, 0.1) is 5.92 Å². The summed E-state index contributed by atoms with van der Waals surface area (Å²) in [5.41, 5.74) is 0. The highest BCUT2D eigenvalue weighted by Crippen LogP contribution is 2.31. The lowest BCUT2D eigenvalue weighted by Crippen LogP contribution is -2.49. The number of amides is 3. The van der Waals surface area contributed by atoms with Crippen LogP contribution < -0.4 is 0 Å². The third-order valence-corrected chi connectivity index (χ3v) is 5.05. The average molecular weight is 303 g/mol. The first-order chi connectivity index (χ1) is 10.7. The first-order valence-electron chi connectivity index (χ1n) is 8.10. The summed E-state index contributed by atoms with van der Waals surface area (Å²) in [6.07, 6.45) is 4.75. The second kappa shape index (κ2) is 5.34. The predicted octanol–water partition coefficient (Wildman–Crippen LogP) is 1.64. The lowest BCUT2D eigenvalue weighted by Gasteiger charge is -2.33. The van der Waals surface area contributed by atoms with Crippen molar-refractivity contribution in [1.29, 1.82) is 0 Å². The van der Waals surface area contributed by atoms with Crippen molar-refractivity contribution in [3.8, 4) is 0 Å². The van der Waals surface area contributed by atoms with Gasteiger partial charge in [-0.05, 0) is 37.3 Å². The molecule has 0 aromatic carbocycles. The molecule has 3 fully saturated rings. The summed E-state index contributed by atoms with van der Waals surface area (Å²) >= 11 is 0. The molecule has 0 N–H and O–H groups in total. The van der Waals surface area contributed by atoms with Crippen LogP contribution >= 0.6 is 0 Å². The number of nitrogens with zero attached hydrogens (tertiary/aromatic N) is 3. The maximum Gasteiger partial charge on any atom is 0.320 e. The molecule has 118 valence electrons. The van der Waals surface area contributed by atoms with E-state index in [1.165, 1.54) is 6.26 Å². The minimum absolute atomic E-state index is 0.0600. The third-order valence-electron chi connectivity index (χ3n) is 5.05. The number of urea groups is 1. The van der Waals surface area contributed by atoms with E-state index in [2.05, 4.69) is 0 Å². The van der Waals surface area contributed by atoms with Crippen molar-refractivity contribution in [2.24, 2.45) is 5.92 Å². The number of rotatable bonds is 1. The first-order valence-corrected chi connectivity index (χ1v) is 8.10. The monoisotopic (exact) mass is 303 g/mol. The van der Waals surface area contributed by atoms with E-state index >= 15 is 0 Å². The SMILES string of the molecule is O=C(c1ccco1)N1C[C@H]2C[C@@H](C1)N(C(=O)N1CCCC1)C2. The van der Waals surface area contributed by atoms with E-state index in [0.29, 0.717) is 18.2 Å². The fourth-order valence-electron chi connectivity index (χ4n) is 4.01. The molecule has 2 bridgehead atoms. The van der Waals surface area contributed by atoms with Crippen LogP contribution in [0.2, 0.25) is 0 Å². The summed E-state index contributed by atoms with van der Waals surface area (Å²) in [5, 5.41) is 0. The van der Waals surface area contributed by atoms with E-state index in [4.69, 9.17) is 4.42 Å². The maximum atomic E-state index is 12.6. The number of hydrogen-bond donors (Lipinski definition) is 0. The minimum atomic E-state index is -0.0600. The van der Waals surface area contributed by atoms with Crippen LogP contribution in [0.1, 0.15) is 29.8 Å². The Labute approximate surface area is 129 Å². The van der Waals surface area contributed by atoms with Crippen molar-refractivity contribution in [2.45, 2.75) is 25.3 Å². The smallest absolute Gasteiger partial charge is 0.320 e. The Bertz CT molecular complexity index is 565. The molecule has 3 saturated heterocycles. The van der Waals surface area contributed by atoms with Gasteiger partial charge in [-0.1, -0.05) is 0 Å². The predicted molar refractivity (Wildman–Crippen MR) is 79.4 cm³/mol. The minimum Gasteiger partial charge on any atom is -0.459 e. The molecule has 1 aromatic rings. The molecule has 3 aliphatic rings. The number of carbonyl (C=O) groups excluding carboxylic acids is 2. The van der Waals surface area contributed by atoms with Crippen LogP contribution in [0.25, 0.3) is 0 Å². The Hall–Kier alpha value is -1.98. The molecule has 22 heavy (non-hydrogen) atoms. The zero-order chi connectivity index (χ0) is 15.1. The fraction of sp³-hybridized carbons (Fsp3) is 0.625. The Morgan fingerprint density at radius 1 is 1.09 bits per heavy atom. The van der Waals surface area contributed by atoms with Gasteiger partial charge in [-0.2, -0.15) is 0 Å². The van der Waals surface area contributed by atoms with Gasteiger partial charge in [0.15, 0.2) is 5.76 Å². The molecule has 3 aliphatic heterocycles. The van der Waals surface area contributed by atoms with Gasteiger partial charge in [-0.25, -0.2) is 4.79 Å². The summed E-state index contributed by atoms with van der Waals surface area (Å²) in [4.78, 5) is 30.8. The number of hydrogen-bond acceptors (Lipinski definition) is 3. The molecule has 6 nitrogen and oxygen atoms in total. The molecule has 4 rings (SSSR count). The van der Waals surface area contributed by atoms with E-state index in [0.717, 1.165) is 45.4 Å². The molecule has 2 atom stereocenters. The van der Waals surface area contributed by atoms with E-state index in [1.54, 1.807) is 12.1 Å². The highest BCUT2D eigenvalue weighted by atomic mass is 16.3. The van der Waals surface area contributed by atoms with Crippen molar-refractivity contribution < 1.29 is 14.0 Å². The van der Waals surface area contributed by atoms with Gasteiger partial charge >= 0.3 is 6.03 Å². The second-order valence-corrected chi connectivity index (χ2v) is 6.57. The molecular formula is C16H21N3O3. The van der Waals surface area contributed by atoms with Gasteiger partial charge in [0, 0.05) is 32.7 Å². The van der Waals surface area contributed by atoms with E-state index in [-0.39, 0.29) is 18.0 Å². The number of fused-ring (bicyclic) bond motifs is 2. The number of piperidine rings is 1. The van der Waals surface area contributed by atoms with Crippen LogP contribution in [0.15, 0.2) is 22.8 Å². The largest absolute Gasteiger partial charge is 0.459 e. The van der Waals surface area contributed by atoms with Crippen molar-refractivity contribution >= 4 is 11.9 Å². The van der Waals surface area contributed by atoms with Crippen molar-refractivity contribution in [3.05, 3.63) is 24.2 Å². The summed E-state index contributed by atoms with van der Waals surface area (Å²) < 4.78 is 5.21. The molecule has 0 radical (unpaired) electrons. The number of carbonyl (C=O) groups is 2. The fourth-order valence-corrected chi connectivity index (χ4v) is 4.01. The molecule has 3 amide bonds. The third kappa shape index (κ3) is 2.26. The quantitative estimate of drug-likeness (QED) is 0.792. The molecule has 6 heteroatoms. The van der Waals surface area contributed by atoms with Gasteiger partial charge < -0.3 is 19.1 Å². The van der Waals surface area contributed by atoms with Gasteiger partial charge in [-0.15, -0.1) is 0 Å². The van der Waals surface area contributed by atoms with Crippen LogP contribution in [-0.4, -0.2) is 65.4 Å². The Kier molecular flexibility index (Phi) is 3.32. The zero-order valence-corrected chi connectivity index (χ0v) is 12.6. The zero-order valence-electron chi connectivity index (χ0n) is 12.6. The van der Waals surface area contributed by atoms with Crippen LogP contribution in [0.3, 0.4) is 0 Å². The highest BCUT2D eigenvalue weighted by Gasteiger charge is 2.43. The Morgan fingerprint density at radius 2 is 1.91 bits per heavy atom. The highest BCUT2D eigenvalue weighted by molar-refractivity contribution is 5.91. The van der Waals surface area contributed by atoms with Gasteiger partial charge in [0.1, 0.15) is 0 Å². The molecule has 0 spiro atoms. The molecule has 4 heterocycles. The lowest BCUT2D eigenvalue weighted by atomic mass is 10.00. The number of furan rings is 1. The van der Waals surface area contributed by atoms with Gasteiger partial charge in [-0.3, -0.25) is 4.79 Å². The Morgan fingerprint density at radius 3 is 2.64 bits per heavy atom. The lowest BCUT2D eigenvalue weighted by molar-refractivity contribution is 0.0639. The van der Waals surface area contributed by atoms with E-state index < -0.39 is 0 Å². The summed E-state index contributed by atoms with van der Waals surface area (Å²) in [6.45, 7) is 3.88. The molecule has 1 aromatic heterocycles. The normalized spacial score (nSPS) is 27.5. The topological polar surface area (TPSA) is 57.0 Å². The van der Waals surface area contributed by atoms with Crippen molar-refractivity contribution in [2.75, 3.05) is 32.7 Å². The van der Waals surface area contributed by atoms with Crippen LogP contribution in [0.4, 0.5) is 4.79 Å². The van der Waals surface area contributed by atoms with Gasteiger partial charge in [0.2, 0.25) is 0 Å². The van der Waals surface area contributed by atoms with Crippen molar-refractivity contribution in [1.82, 2.24) is 14.7 Å². The average Bonchev–Trinajstić information content (AvgIpc) is 3.27. The van der Waals surface area contributed by atoms with Gasteiger partial charge in [0.05, 0.1) is 12.3 Å². The molecule has 0 saturated carbocycles. The summed E-state index contributed by atoms with van der Waals surface area (Å²) in [6, 6.07) is 3.75. The first kappa shape index (κ1) is 13.7. The summed E-state index contributed by atoms with van der Waals surface area (Å²) in [5.74, 6) is 0.720. The van der Waals surface area contributed by atoms with E-state index in [1.807, 2.05) is 14.7 Å². The molecule has 0 aliphatic carbocycles. The summed E-state index contributed by atoms with van der Waals surface area (Å²) in [7, 11) is 0. The maximum absolute atomic E-state index is 12.6. The molecular weight excluding hydrogens is 282 g/mol. The standard InChI is InChI=1S/C16H21N3O3/c20-15(14-4-3-7-22-14)18-9-12-8-13(11-18)19(10-12)16(21)17-5-1-2-6-17/h3-4,7,12-13H,1-2,5-6,8-11H2/t12-,13+/m1/s1. The second-order valence-electron chi connectivity index (χ2n) is 6.57. The van der Waals surface area contributed by atoms with Gasteiger partial charge in [0.25, 0.3) is 5.91 Å². The van der Waals surface area contributed by atoms with Crippen molar-refractivity contribution in [3.63, 3.8) is 0 Å². The molecule has 0 unspecified atom stereocenters. The van der Waals surface area contributed by atoms with Crippen LogP contribution in [0.5, 0.6) is 0 Å².